The van der Waals surface area contributed by atoms with Crippen molar-refractivity contribution in [3.63, 3.8) is 0 Å². The third-order valence-electron chi connectivity index (χ3n) is 5.63. The van der Waals surface area contributed by atoms with Crippen LogP contribution in [0.25, 0.3) is 0 Å². The number of alkyl halides is 3. The van der Waals surface area contributed by atoms with Crippen LogP contribution in [0, 0.1) is 0 Å². The molecule has 5 atom stereocenters. The van der Waals surface area contributed by atoms with Gasteiger partial charge in [-0.25, -0.2) is 0 Å². The number of carbonyl (C=O) groups is 3. The van der Waals surface area contributed by atoms with Gasteiger partial charge in [-0.1, -0.05) is 30.0 Å². The minimum atomic E-state index is -4.65. The molecule has 216 valence electrons. The molecule has 0 amide bonds. The molecule has 13 heteroatoms. The van der Waals surface area contributed by atoms with Crippen LogP contribution in [0.4, 0.5) is 13.2 Å². The number of hydrogen-bond donors (Lipinski definition) is 0. The minimum Gasteiger partial charge on any atom is -0.497 e. The SMILES string of the molecule is COc1ccc(S[C@H]2O[C@H](COC(C)=O)[C@@H](OC(C)=O)[C@H](OC(C)=O)[C@H]2N=Cc2ccccc2C(F)(F)F)cc1. The average Bonchev–Trinajstić information content (AvgIpc) is 2.88. The topological polar surface area (TPSA) is 110 Å². The first-order valence-electron chi connectivity index (χ1n) is 12.0. The zero-order chi connectivity index (χ0) is 29.4. The normalized spacial score (nSPS) is 22.9. The Morgan fingerprint density at radius 3 is 2.15 bits per heavy atom. The third kappa shape index (κ3) is 8.46. The first-order chi connectivity index (χ1) is 18.9. The van der Waals surface area contributed by atoms with Gasteiger partial charge in [0.1, 0.15) is 29.9 Å². The second-order valence-corrected chi connectivity index (χ2v) is 9.81. The van der Waals surface area contributed by atoms with E-state index in [-0.39, 0.29) is 12.2 Å². The van der Waals surface area contributed by atoms with Crippen molar-refractivity contribution >= 4 is 35.9 Å². The summed E-state index contributed by atoms with van der Waals surface area (Å²) in [5, 5.41) is 0. The molecule has 2 aromatic carbocycles. The number of thioether (sulfide) groups is 1. The lowest BCUT2D eigenvalue weighted by Crippen LogP contribution is -2.60. The van der Waals surface area contributed by atoms with Crippen molar-refractivity contribution in [2.45, 2.75) is 61.6 Å². The number of carbonyl (C=O) groups excluding carboxylic acids is 3. The number of esters is 3. The number of rotatable bonds is 9. The van der Waals surface area contributed by atoms with E-state index in [1.807, 2.05) is 0 Å². The molecule has 1 fully saturated rings. The molecule has 3 rings (SSSR count). The predicted octanol–water partition coefficient (Wildman–Crippen LogP) is 4.45. The van der Waals surface area contributed by atoms with Crippen molar-refractivity contribution in [3.8, 4) is 5.75 Å². The number of methoxy groups -OCH3 is 1. The van der Waals surface area contributed by atoms with Crippen LogP contribution in [0.5, 0.6) is 5.75 Å². The summed E-state index contributed by atoms with van der Waals surface area (Å²) in [5.74, 6) is -1.53. The van der Waals surface area contributed by atoms with E-state index in [2.05, 4.69) is 4.99 Å². The molecule has 40 heavy (non-hydrogen) atoms. The largest absolute Gasteiger partial charge is 0.497 e. The summed E-state index contributed by atoms with van der Waals surface area (Å²) < 4.78 is 68.3. The number of hydrogen-bond acceptors (Lipinski definition) is 10. The Kier molecular flexibility index (Phi) is 10.6. The Balaban J connectivity index is 2.09. The highest BCUT2D eigenvalue weighted by Gasteiger charge is 2.50. The zero-order valence-corrected chi connectivity index (χ0v) is 22.9. The van der Waals surface area contributed by atoms with Crippen LogP contribution in [0.1, 0.15) is 31.9 Å². The standard InChI is InChI=1S/C27H28F3NO8S/c1-15(32)36-14-22-24(37-16(2)33)25(38-17(3)34)23(26(39-22)40-20-11-9-19(35-4)10-12-20)31-13-18-7-5-6-8-21(18)27(28,29)30/h5-13,22-26H,14H2,1-4H3/t22-,23-,24-,25-,26-/m1/s1. The van der Waals surface area contributed by atoms with Crippen molar-refractivity contribution in [2.75, 3.05) is 13.7 Å². The molecule has 1 saturated heterocycles. The molecule has 0 unspecified atom stereocenters. The van der Waals surface area contributed by atoms with Gasteiger partial charge < -0.3 is 23.7 Å². The van der Waals surface area contributed by atoms with Gasteiger partial charge in [-0.15, -0.1) is 0 Å². The fourth-order valence-corrected chi connectivity index (χ4v) is 5.09. The zero-order valence-electron chi connectivity index (χ0n) is 22.0. The van der Waals surface area contributed by atoms with E-state index < -0.39 is 59.4 Å². The number of aliphatic imine (C=N–C) groups is 1. The predicted molar refractivity (Wildman–Crippen MR) is 138 cm³/mol. The monoisotopic (exact) mass is 583 g/mol. The van der Waals surface area contributed by atoms with Gasteiger partial charge in [0.15, 0.2) is 12.2 Å². The maximum Gasteiger partial charge on any atom is 0.417 e. The molecule has 1 aliphatic heterocycles. The van der Waals surface area contributed by atoms with Gasteiger partial charge in [-0.2, -0.15) is 13.2 Å². The second kappa shape index (κ2) is 13.7. The Morgan fingerprint density at radius 1 is 0.950 bits per heavy atom. The molecule has 0 N–H and O–H groups in total. The van der Waals surface area contributed by atoms with Crippen LogP contribution < -0.4 is 4.74 Å². The van der Waals surface area contributed by atoms with Gasteiger partial charge in [-0.3, -0.25) is 19.4 Å². The number of benzene rings is 2. The van der Waals surface area contributed by atoms with E-state index in [0.29, 0.717) is 10.6 Å². The van der Waals surface area contributed by atoms with Gasteiger partial charge in [0.05, 0.1) is 12.7 Å². The Morgan fingerprint density at radius 2 is 1.57 bits per heavy atom. The smallest absolute Gasteiger partial charge is 0.417 e. The Bertz CT molecular complexity index is 1220. The van der Waals surface area contributed by atoms with E-state index in [9.17, 15) is 27.6 Å². The number of ether oxygens (including phenoxy) is 5. The first-order valence-corrected chi connectivity index (χ1v) is 12.9. The summed E-state index contributed by atoms with van der Waals surface area (Å²) in [4.78, 5) is 40.7. The van der Waals surface area contributed by atoms with Crippen molar-refractivity contribution in [2.24, 2.45) is 4.99 Å². The molecular weight excluding hydrogens is 555 g/mol. The summed E-state index contributed by atoms with van der Waals surface area (Å²) in [6.07, 6.45) is -7.28. The molecule has 9 nitrogen and oxygen atoms in total. The van der Waals surface area contributed by atoms with Gasteiger partial charge in [0.2, 0.25) is 0 Å². The maximum absolute atomic E-state index is 13.6. The van der Waals surface area contributed by atoms with Crippen LogP contribution in [0.2, 0.25) is 0 Å². The lowest BCUT2D eigenvalue weighted by Gasteiger charge is -2.43. The van der Waals surface area contributed by atoms with Gasteiger partial charge in [0.25, 0.3) is 0 Å². The first kappa shape index (κ1) is 31.0. The highest BCUT2D eigenvalue weighted by molar-refractivity contribution is 7.99. The molecule has 1 aliphatic rings. The summed E-state index contributed by atoms with van der Waals surface area (Å²) >= 11 is 1.14. The second-order valence-electron chi connectivity index (χ2n) is 8.64. The third-order valence-corrected chi connectivity index (χ3v) is 6.80. The van der Waals surface area contributed by atoms with Crippen LogP contribution in [0.3, 0.4) is 0 Å². The van der Waals surface area contributed by atoms with Crippen LogP contribution in [-0.2, 0) is 39.5 Å². The number of halogens is 3. The van der Waals surface area contributed by atoms with Crippen molar-refractivity contribution in [1.29, 1.82) is 0 Å². The summed E-state index contributed by atoms with van der Waals surface area (Å²) in [6, 6.07) is 10.6. The van der Waals surface area contributed by atoms with E-state index in [1.54, 1.807) is 24.3 Å². The molecule has 0 bridgehead atoms. The fraction of sp³-hybridized carbons (Fsp3) is 0.407. The molecule has 1 heterocycles. The fourth-order valence-electron chi connectivity index (χ4n) is 3.96. The minimum absolute atomic E-state index is 0.226. The van der Waals surface area contributed by atoms with Gasteiger partial charge in [0, 0.05) is 37.4 Å². The highest BCUT2D eigenvalue weighted by atomic mass is 32.2. The number of nitrogens with zero attached hydrogens (tertiary/aromatic N) is 1. The lowest BCUT2D eigenvalue weighted by atomic mass is 9.97. The van der Waals surface area contributed by atoms with E-state index in [1.165, 1.54) is 32.2 Å². The summed E-state index contributed by atoms with van der Waals surface area (Å²) in [7, 11) is 1.51. The summed E-state index contributed by atoms with van der Waals surface area (Å²) in [5.41, 5.74) is -2.11. The van der Waals surface area contributed by atoms with E-state index in [4.69, 9.17) is 23.7 Å². The maximum atomic E-state index is 13.6. The Hall–Kier alpha value is -3.58. The van der Waals surface area contributed by atoms with Crippen molar-refractivity contribution < 1.29 is 51.2 Å². The highest BCUT2D eigenvalue weighted by Crippen LogP contribution is 2.38. The van der Waals surface area contributed by atoms with Crippen LogP contribution >= 0.6 is 11.8 Å². The molecule has 0 radical (unpaired) electrons. The lowest BCUT2D eigenvalue weighted by molar-refractivity contribution is -0.208. The Labute approximate surface area is 233 Å². The van der Waals surface area contributed by atoms with Crippen LogP contribution in [0.15, 0.2) is 58.4 Å². The van der Waals surface area contributed by atoms with Crippen molar-refractivity contribution in [1.82, 2.24) is 0 Å². The molecule has 0 aromatic heterocycles. The molecule has 0 saturated carbocycles. The molecular formula is C27H28F3NO8S. The molecule has 0 aliphatic carbocycles. The van der Waals surface area contributed by atoms with Crippen molar-refractivity contribution in [3.05, 3.63) is 59.7 Å². The van der Waals surface area contributed by atoms with Gasteiger partial charge in [-0.05, 0) is 30.3 Å². The molecule has 0 spiro atoms. The van der Waals surface area contributed by atoms with Gasteiger partial charge >= 0.3 is 24.1 Å². The molecule has 2 aromatic rings. The van der Waals surface area contributed by atoms with E-state index in [0.717, 1.165) is 37.9 Å². The quantitative estimate of drug-likeness (QED) is 0.240. The van der Waals surface area contributed by atoms with E-state index >= 15 is 0 Å². The van der Waals surface area contributed by atoms with Crippen LogP contribution in [-0.4, -0.2) is 67.6 Å². The summed E-state index contributed by atoms with van der Waals surface area (Å²) in [6.45, 7) is 3.09. The average molecular weight is 584 g/mol.